The summed E-state index contributed by atoms with van der Waals surface area (Å²) in [5.41, 5.74) is 0.815. The highest BCUT2D eigenvalue weighted by Crippen LogP contribution is 2.23. The van der Waals surface area contributed by atoms with Crippen molar-refractivity contribution in [2.75, 3.05) is 19.6 Å². The molecule has 0 fully saturated rings. The van der Waals surface area contributed by atoms with Gasteiger partial charge in [0.1, 0.15) is 5.75 Å². The van der Waals surface area contributed by atoms with Crippen LogP contribution in [0.2, 0.25) is 0 Å². The summed E-state index contributed by atoms with van der Waals surface area (Å²) in [6, 6.07) is 5.31. The molecule has 0 spiro atoms. The SMILES string of the molecule is CCNC(=O)CN(CC)Cc1cc(Br)ccc1O. The number of hydrogen-bond donors (Lipinski definition) is 2. The number of likely N-dealkylation sites (N-methyl/N-ethyl adjacent to an activating group) is 2. The second-order valence-electron chi connectivity index (χ2n) is 4.03. The molecule has 0 aliphatic carbocycles. The summed E-state index contributed by atoms with van der Waals surface area (Å²) in [6.07, 6.45) is 0. The van der Waals surface area contributed by atoms with E-state index < -0.39 is 0 Å². The molecule has 0 radical (unpaired) electrons. The molecular formula is C13H19BrN2O2. The van der Waals surface area contributed by atoms with Gasteiger partial charge in [-0.3, -0.25) is 9.69 Å². The summed E-state index contributed by atoms with van der Waals surface area (Å²) in [5, 5.41) is 12.5. The fourth-order valence-electron chi connectivity index (χ4n) is 1.66. The lowest BCUT2D eigenvalue weighted by Gasteiger charge is -2.20. The van der Waals surface area contributed by atoms with E-state index in [1.54, 1.807) is 12.1 Å². The summed E-state index contributed by atoms with van der Waals surface area (Å²) in [6.45, 7) is 6.18. The van der Waals surface area contributed by atoms with Crippen LogP contribution in [0, 0.1) is 0 Å². The van der Waals surface area contributed by atoms with Crippen LogP contribution in [0.5, 0.6) is 5.75 Å². The molecule has 0 saturated carbocycles. The van der Waals surface area contributed by atoms with Gasteiger partial charge in [-0.1, -0.05) is 22.9 Å². The summed E-state index contributed by atoms with van der Waals surface area (Å²) in [4.78, 5) is 13.5. The van der Waals surface area contributed by atoms with Gasteiger partial charge in [0.25, 0.3) is 0 Å². The molecule has 1 rings (SSSR count). The van der Waals surface area contributed by atoms with E-state index in [2.05, 4.69) is 21.2 Å². The molecule has 0 atom stereocenters. The van der Waals surface area contributed by atoms with Crippen molar-refractivity contribution in [2.24, 2.45) is 0 Å². The van der Waals surface area contributed by atoms with Gasteiger partial charge in [-0.2, -0.15) is 0 Å². The minimum atomic E-state index is 0.00818. The van der Waals surface area contributed by atoms with Gasteiger partial charge < -0.3 is 10.4 Å². The van der Waals surface area contributed by atoms with Crippen LogP contribution in [0.25, 0.3) is 0 Å². The molecule has 4 nitrogen and oxygen atoms in total. The van der Waals surface area contributed by atoms with E-state index >= 15 is 0 Å². The minimum Gasteiger partial charge on any atom is -0.508 e. The van der Waals surface area contributed by atoms with E-state index in [9.17, 15) is 9.90 Å². The average molecular weight is 315 g/mol. The highest BCUT2D eigenvalue weighted by atomic mass is 79.9. The number of rotatable bonds is 6. The number of amides is 1. The van der Waals surface area contributed by atoms with Crippen molar-refractivity contribution in [2.45, 2.75) is 20.4 Å². The average Bonchev–Trinajstić information content (AvgIpc) is 2.33. The van der Waals surface area contributed by atoms with Gasteiger partial charge in [0.2, 0.25) is 5.91 Å². The molecule has 5 heteroatoms. The Bertz CT molecular complexity index is 410. The molecule has 1 amide bonds. The Morgan fingerprint density at radius 1 is 1.44 bits per heavy atom. The van der Waals surface area contributed by atoms with Crippen molar-refractivity contribution in [3.63, 3.8) is 0 Å². The van der Waals surface area contributed by atoms with Crippen LogP contribution >= 0.6 is 15.9 Å². The largest absolute Gasteiger partial charge is 0.508 e. The molecule has 1 aromatic rings. The Morgan fingerprint density at radius 2 is 2.17 bits per heavy atom. The Hall–Kier alpha value is -1.07. The molecule has 18 heavy (non-hydrogen) atoms. The van der Waals surface area contributed by atoms with E-state index in [1.165, 1.54) is 0 Å². The third-order valence-corrected chi connectivity index (χ3v) is 3.12. The van der Waals surface area contributed by atoms with E-state index in [-0.39, 0.29) is 11.7 Å². The Labute approximate surface area is 116 Å². The first kappa shape index (κ1) is 15.0. The van der Waals surface area contributed by atoms with Crippen LogP contribution in [0.15, 0.2) is 22.7 Å². The summed E-state index contributed by atoms with van der Waals surface area (Å²) in [7, 11) is 0. The standard InChI is InChI=1S/C13H19BrN2O2/c1-3-15-13(18)9-16(4-2)8-10-7-11(14)5-6-12(10)17/h5-7,17H,3-4,8-9H2,1-2H3,(H,15,18). The molecule has 1 aromatic carbocycles. The maximum atomic E-state index is 11.5. The number of nitrogens with one attached hydrogen (secondary N) is 1. The molecule has 0 heterocycles. The molecule has 100 valence electrons. The van der Waals surface area contributed by atoms with Gasteiger partial charge in [0, 0.05) is 23.1 Å². The number of phenols is 1. The topological polar surface area (TPSA) is 52.6 Å². The van der Waals surface area contributed by atoms with E-state index in [0.29, 0.717) is 19.6 Å². The zero-order valence-corrected chi connectivity index (χ0v) is 12.3. The van der Waals surface area contributed by atoms with Crippen LogP contribution in [0.4, 0.5) is 0 Å². The van der Waals surface area contributed by atoms with Crippen molar-refractivity contribution in [3.8, 4) is 5.75 Å². The van der Waals surface area contributed by atoms with Crippen LogP contribution in [0.3, 0.4) is 0 Å². The van der Waals surface area contributed by atoms with Crippen molar-refractivity contribution in [3.05, 3.63) is 28.2 Å². The van der Waals surface area contributed by atoms with E-state index in [4.69, 9.17) is 0 Å². The van der Waals surface area contributed by atoms with Gasteiger partial charge >= 0.3 is 0 Å². The number of aromatic hydroxyl groups is 1. The number of carbonyl (C=O) groups is 1. The lowest BCUT2D eigenvalue weighted by Crippen LogP contribution is -2.36. The number of carbonyl (C=O) groups excluding carboxylic acids is 1. The fraction of sp³-hybridized carbons (Fsp3) is 0.462. The quantitative estimate of drug-likeness (QED) is 0.845. The lowest BCUT2D eigenvalue weighted by atomic mass is 10.2. The van der Waals surface area contributed by atoms with Crippen molar-refractivity contribution >= 4 is 21.8 Å². The predicted molar refractivity (Wildman–Crippen MR) is 75.4 cm³/mol. The van der Waals surface area contributed by atoms with Gasteiger partial charge in [-0.25, -0.2) is 0 Å². The van der Waals surface area contributed by atoms with E-state index in [1.807, 2.05) is 24.8 Å². The maximum Gasteiger partial charge on any atom is 0.234 e. The molecule has 2 N–H and O–H groups in total. The van der Waals surface area contributed by atoms with Crippen LogP contribution in [-0.2, 0) is 11.3 Å². The van der Waals surface area contributed by atoms with Gasteiger partial charge in [-0.15, -0.1) is 0 Å². The third-order valence-electron chi connectivity index (χ3n) is 2.62. The Kier molecular flexibility index (Phi) is 6.15. The van der Waals surface area contributed by atoms with Crippen molar-refractivity contribution in [1.29, 1.82) is 0 Å². The number of phenolic OH excluding ortho intramolecular Hbond substituents is 1. The van der Waals surface area contributed by atoms with Gasteiger partial charge in [0.15, 0.2) is 0 Å². The first-order valence-corrected chi connectivity index (χ1v) is 6.82. The van der Waals surface area contributed by atoms with Gasteiger partial charge in [0.05, 0.1) is 6.54 Å². The zero-order chi connectivity index (χ0) is 13.5. The Morgan fingerprint density at radius 3 is 2.78 bits per heavy atom. The molecule has 0 saturated heterocycles. The molecule has 0 unspecified atom stereocenters. The highest BCUT2D eigenvalue weighted by molar-refractivity contribution is 9.10. The first-order chi connectivity index (χ1) is 8.56. The zero-order valence-electron chi connectivity index (χ0n) is 10.7. The number of hydrogen-bond acceptors (Lipinski definition) is 3. The molecule has 0 aliphatic rings. The summed E-state index contributed by atoms with van der Waals surface area (Å²) < 4.78 is 0.921. The first-order valence-electron chi connectivity index (χ1n) is 6.03. The third kappa shape index (κ3) is 4.66. The van der Waals surface area contributed by atoms with Crippen LogP contribution in [-0.4, -0.2) is 35.5 Å². The number of halogens is 1. The second-order valence-corrected chi connectivity index (χ2v) is 4.95. The molecule has 0 bridgehead atoms. The smallest absolute Gasteiger partial charge is 0.234 e. The highest BCUT2D eigenvalue weighted by Gasteiger charge is 2.11. The van der Waals surface area contributed by atoms with E-state index in [0.717, 1.165) is 16.6 Å². The normalized spacial score (nSPS) is 10.7. The second kappa shape index (κ2) is 7.38. The molecule has 0 aromatic heterocycles. The minimum absolute atomic E-state index is 0.00818. The maximum absolute atomic E-state index is 11.5. The predicted octanol–water partition coefficient (Wildman–Crippen LogP) is 2.11. The Balaban J connectivity index is 2.67. The molecule has 0 aliphatic heterocycles. The monoisotopic (exact) mass is 314 g/mol. The summed E-state index contributed by atoms with van der Waals surface area (Å²) >= 11 is 3.37. The van der Waals surface area contributed by atoms with Crippen LogP contribution < -0.4 is 5.32 Å². The van der Waals surface area contributed by atoms with Crippen molar-refractivity contribution in [1.82, 2.24) is 10.2 Å². The van der Waals surface area contributed by atoms with Crippen molar-refractivity contribution < 1.29 is 9.90 Å². The van der Waals surface area contributed by atoms with Crippen LogP contribution in [0.1, 0.15) is 19.4 Å². The fourth-order valence-corrected chi connectivity index (χ4v) is 2.07. The molecular weight excluding hydrogens is 296 g/mol. The van der Waals surface area contributed by atoms with Gasteiger partial charge in [-0.05, 0) is 31.7 Å². The number of benzene rings is 1. The number of nitrogens with zero attached hydrogens (tertiary/aromatic N) is 1. The summed E-state index contributed by atoms with van der Waals surface area (Å²) in [5.74, 6) is 0.265. The lowest BCUT2D eigenvalue weighted by molar-refractivity contribution is -0.122.